The molecule has 0 fully saturated rings. The SMILES string of the molecule is C1=Cc2c(c3cccnc3n2-c2ccc3c(c2)c2cc(-c4nc(-c5ccccc5)nc(-c5ccc(-c6ccccc6)cc5)n4)ccc2n3-c2ccccc2)CC1. The highest BCUT2D eigenvalue weighted by Gasteiger charge is 2.21. The molecule has 0 aliphatic heterocycles. The van der Waals surface area contributed by atoms with E-state index in [1.165, 1.54) is 22.2 Å². The van der Waals surface area contributed by atoms with Crippen molar-refractivity contribution in [2.75, 3.05) is 0 Å². The summed E-state index contributed by atoms with van der Waals surface area (Å²) in [5.74, 6) is 1.89. The molecule has 1 aliphatic rings. The zero-order valence-electron chi connectivity index (χ0n) is 30.4. The van der Waals surface area contributed by atoms with Gasteiger partial charge in [-0.05, 0) is 96.3 Å². The van der Waals surface area contributed by atoms with Crippen molar-refractivity contribution >= 4 is 38.9 Å². The third-order valence-electron chi connectivity index (χ3n) is 10.9. The van der Waals surface area contributed by atoms with E-state index in [2.05, 4.69) is 143 Å². The summed E-state index contributed by atoms with van der Waals surface area (Å²) in [4.78, 5) is 20.2. The predicted octanol–water partition coefficient (Wildman–Crippen LogP) is 11.9. The molecule has 0 bridgehead atoms. The highest BCUT2D eigenvalue weighted by molar-refractivity contribution is 6.11. The van der Waals surface area contributed by atoms with E-state index in [9.17, 15) is 0 Å². The maximum Gasteiger partial charge on any atom is 0.164 e. The molecule has 0 spiro atoms. The van der Waals surface area contributed by atoms with Crippen LogP contribution in [0.2, 0.25) is 0 Å². The van der Waals surface area contributed by atoms with Gasteiger partial charge < -0.3 is 4.57 Å². The quantitative estimate of drug-likeness (QED) is 0.172. The molecule has 264 valence electrons. The number of para-hydroxylation sites is 1. The van der Waals surface area contributed by atoms with Crippen molar-refractivity contribution in [1.82, 2.24) is 29.1 Å². The number of benzene rings is 6. The van der Waals surface area contributed by atoms with Gasteiger partial charge in [-0.25, -0.2) is 19.9 Å². The molecule has 0 unspecified atom stereocenters. The molecule has 11 rings (SSSR count). The highest BCUT2D eigenvalue weighted by atomic mass is 15.1. The van der Waals surface area contributed by atoms with Crippen molar-refractivity contribution in [2.24, 2.45) is 0 Å². The molecule has 0 atom stereocenters. The third-order valence-corrected chi connectivity index (χ3v) is 10.9. The average Bonchev–Trinajstić information content (AvgIpc) is 3.79. The molecule has 6 nitrogen and oxygen atoms in total. The molecule has 1 aliphatic carbocycles. The van der Waals surface area contributed by atoms with Gasteiger partial charge in [-0.3, -0.25) is 4.57 Å². The molecule has 6 heteroatoms. The van der Waals surface area contributed by atoms with Gasteiger partial charge in [0.1, 0.15) is 5.65 Å². The van der Waals surface area contributed by atoms with E-state index in [-0.39, 0.29) is 0 Å². The van der Waals surface area contributed by atoms with E-state index in [4.69, 9.17) is 19.9 Å². The van der Waals surface area contributed by atoms with Gasteiger partial charge in [0.05, 0.1) is 16.7 Å². The summed E-state index contributed by atoms with van der Waals surface area (Å²) in [6.07, 6.45) is 8.47. The standard InChI is InChI=1S/C50H34N6/c1-4-13-33(14-5-1)34-22-24-36(25-23-34)48-52-47(35-15-6-2-7-16-35)53-49(54-48)37-26-28-45-42(31-37)43-32-39(27-29-46(43)55(45)38-17-8-3-9-18-38)56-44-21-11-10-19-40(44)41-20-12-30-51-50(41)56/h1-9,11-18,20-32H,10,19H2. The van der Waals surface area contributed by atoms with E-state index in [1.807, 2.05) is 48.7 Å². The van der Waals surface area contributed by atoms with Crippen LogP contribution in [0, 0.1) is 0 Å². The van der Waals surface area contributed by atoms with Crippen molar-refractivity contribution < 1.29 is 0 Å². The van der Waals surface area contributed by atoms with Gasteiger partial charge in [0, 0.05) is 50.4 Å². The van der Waals surface area contributed by atoms with Gasteiger partial charge in [-0.2, -0.15) is 0 Å². The van der Waals surface area contributed by atoms with Crippen LogP contribution in [0.5, 0.6) is 0 Å². The van der Waals surface area contributed by atoms with Crippen LogP contribution in [-0.2, 0) is 6.42 Å². The summed E-state index contributed by atoms with van der Waals surface area (Å²) in [6, 6.07) is 57.2. The van der Waals surface area contributed by atoms with Crippen molar-refractivity contribution in [3.8, 4) is 56.7 Å². The number of aryl methyl sites for hydroxylation is 1. The molecule has 0 radical (unpaired) electrons. The summed E-state index contributed by atoms with van der Waals surface area (Å²) in [5.41, 5.74) is 13.1. The maximum atomic E-state index is 5.15. The summed E-state index contributed by atoms with van der Waals surface area (Å²) in [5, 5.41) is 3.48. The smallest absolute Gasteiger partial charge is 0.164 e. The summed E-state index contributed by atoms with van der Waals surface area (Å²) < 4.78 is 4.67. The largest absolute Gasteiger partial charge is 0.309 e. The first-order chi connectivity index (χ1) is 27.8. The number of fused-ring (bicyclic) bond motifs is 6. The van der Waals surface area contributed by atoms with E-state index < -0.39 is 0 Å². The first kappa shape index (κ1) is 32.0. The van der Waals surface area contributed by atoms with Gasteiger partial charge >= 0.3 is 0 Å². The molecule has 4 aromatic heterocycles. The summed E-state index contributed by atoms with van der Waals surface area (Å²) in [6.45, 7) is 0. The second-order valence-corrected chi connectivity index (χ2v) is 14.2. The molecule has 0 saturated heterocycles. The van der Waals surface area contributed by atoms with Crippen molar-refractivity contribution in [3.63, 3.8) is 0 Å². The lowest BCUT2D eigenvalue weighted by Crippen LogP contribution is -2.01. The van der Waals surface area contributed by atoms with Crippen molar-refractivity contribution in [2.45, 2.75) is 12.8 Å². The first-order valence-electron chi connectivity index (χ1n) is 19.0. The highest BCUT2D eigenvalue weighted by Crippen LogP contribution is 2.39. The van der Waals surface area contributed by atoms with Gasteiger partial charge in [0.25, 0.3) is 0 Å². The fourth-order valence-electron chi connectivity index (χ4n) is 8.26. The van der Waals surface area contributed by atoms with Crippen LogP contribution in [0.1, 0.15) is 17.7 Å². The second kappa shape index (κ2) is 13.1. The normalized spacial score (nSPS) is 12.4. The zero-order chi connectivity index (χ0) is 37.0. The number of rotatable bonds is 6. The van der Waals surface area contributed by atoms with Crippen molar-refractivity contribution in [3.05, 3.63) is 187 Å². The summed E-state index contributed by atoms with van der Waals surface area (Å²) in [7, 11) is 0. The van der Waals surface area contributed by atoms with Crippen LogP contribution in [0.25, 0.3) is 95.6 Å². The Balaban J connectivity index is 1.11. The van der Waals surface area contributed by atoms with Crippen LogP contribution in [0.3, 0.4) is 0 Å². The number of hydrogen-bond donors (Lipinski definition) is 0. The number of allylic oxidation sites excluding steroid dienone is 1. The monoisotopic (exact) mass is 718 g/mol. The lowest BCUT2D eigenvalue weighted by Gasteiger charge is -2.12. The molecule has 0 saturated carbocycles. The topological polar surface area (TPSA) is 61.4 Å². The lowest BCUT2D eigenvalue weighted by atomic mass is 10.0. The Bertz CT molecular complexity index is 3110. The Kier molecular flexibility index (Phi) is 7.52. The lowest BCUT2D eigenvalue weighted by molar-refractivity contribution is 0.965. The van der Waals surface area contributed by atoms with Gasteiger partial charge in [-0.1, -0.05) is 109 Å². The predicted molar refractivity (Wildman–Crippen MR) is 228 cm³/mol. The molecule has 10 aromatic rings. The van der Waals surface area contributed by atoms with Crippen LogP contribution >= 0.6 is 0 Å². The number of pyridine rings is 1. The Hall–Kier alpha value is -7.44. The molecule has 0 N–H and O–H groups in total. The van der Waals surface area contributed by atoms with E-state index in [0.717, 1.165) is 73.9 Å². The fourth-order valence-corrected chi connectivity index (χ4v) is 8.26. The maximum absolute atomic E-state index is 5.15. The van der Waals surface area contributed by atoms with Crippen LogP contribution in [-0.4, -0.2) is 29.1 Å². The Morgan fingerprint density at radius 2 is 1.00 bits per heavy atom. The van der Waals surface area contributed by atoms with E-state index in [1.54, 1.807) is 0 Å². The molecule has 0 amide bonds. The molecule has 4 heterocycles. The van der Waals surface area contributed by atoms with E-state index in [0.29, 0.717) is 17.5 Å². The zero-order valence-corrected chi connectivity index (χ0v) is 30.4. The van der Waals surface area contributed by atoms with Crippen LogP contribution in [0.4, 0.5) is 0 Å². The van der Waals surface area contributed by atoms with Gasteiger partial charge in [-0.15, -0.1) is 0 Å². The second-order valence-electron chi connectivity index (χ2n) is 14.2. The molecular weight excluding hydrogens is 685 g/mol. The van der Waals surface area contributed by atoms with Crippen LogP contribution < -0.4 is 0 Å². The molecular formula is C50H34N6. The molecule has 6 aromatic carbocycles. The van der Waals surface area contributed by atoms with Gasteiger partial charge in [0.15, 0.2) is 17.5 Å². The fraction of sp³-hybridized carbons (Fsp3) is 0.0400. The number of hydrogen-bond acceptors (Lipinski definition) is 4. The Morgan fingerprint density at radius 1 is 0.429 bits per heavy atom. The average molecular weight is 719 g/mol. The molecule has 56 heavy (non-hydrogen) atoms. The minimum atomic E-state index is 0.625. The minimum absolute atomic E-state index is 0.625. The number of nitrogens with zero attached hydrogens (tertiary/aromatic N) is 6. The Labute approximate surface area is 323 Å². The third kappa shape index (κ3) is 5.34. The van der Waals surface area contributed by atoms with Gasteiger partial charge in [0.2, 0.25) is 0 Å². The number of aromatic nitrogens is 6. The minimum Gasteiger partial charge on any atom is -0.309 e. The Morgan fingerprint density at radius 3 is 1.73 bits per heavy atom. The van der Waals surface area contributed by atoms with E-state index >= 15 is 0 Å². The van der Waals surface area contributed by atoms with Crippen LogP contribution in [0.15, 0.2) is 176 Å². The summed E-state index contributed by atoms with van der Waals surface area (Å²) >= 11 is 0. The first-order valence-corrected chi connectivity index (χ1v) is 19.0. The van der Waals surface area contributed by atoms with Crippen molar-refractivity contribution in [1.29, 1.82) is 0 Å².